The van der Waals surface area contributed by atoms with Crippen LogP contribution in [-0.4, -0.2) is 67.6 Å². The summed E-state index contributed by atoms with van der Waals surface area (Å²) in [5, 5.41) is 4.16. The Balaban J connectivity index is 1.28. The highest BCUT2D eigenvalue weighted by Gasteiger charge is 2.53. The van der Waals surface area contributed by atoms with Crippen molar-refractivity contribution in [2.45, 2.75) is 57.3 Å². The van der Waals surface area contributed by atoms with Gasteiger partial charge in [0.05, 0.1) is 30.4 Å². The van der Waals surface area contributed by atoms with Crippen molar-refractivity contribution in [3.8, 4) is 17.3 Å². The van der Waals surface area contributed by atoms with Crippen molar-refractivity contribution in [2.75, 3.05) is 13.7 Å². The molecule has 10 heteroatoms. The van der Waals surface area contributed by atoms with E-state index in [-0.39, 0.29) is 35.9 Å². The lowest BCUT2D eigenvalue weighted by molar-refractivity contribution is -0.121. The first-order valence-corrected chi connectivity index (χ1v) is 14.2. The van der Waals surface area contributed by atoms with E-state index in [0.29, 0.717) is 35.7 Å². The molecular formula is C30H35N7O3. The third-order valence-electron chi connectivity index (χ3n) is 9.05. The minimum absolute atomic E-state index is 0.0180. The predicted octanol–water partition coefficient (Wildman–Crippen LogP) is 3.08. The zero-order valence-corrected chi connectivity index (χ0v) is 23.1. The smallest absolute Gasteiger partial charge is 0.254 e. The highest BCUT2D eigenvalue weighted by molar-refractivity contribution is 6.00. The number of hydrogen-bond acceptors (Lipinski definition) is 6. The van der Waals surface area contributed by atoms with Crippen LogP contribution < -0.4 is 15.8 Å². The number of carbonyl (C=O) groups is 2. The summed E-state index contributed by atoms with van der Waals surface area (Å²) in [6.07, 6.45) is 5.51. The first kappa shape index (κ1) is 25.1. The molecule has 4 atom stereocenters. The van der Waals surface area contributed by atoms with Crippen LogP contribution in [0, 0.1) is 11.8 Å². The minimum Gasteiger partial charge on any atom is -0.494 e. The predicted molar refractivity (Wildman–Crippen MR) is 152 cm³/mol. The molecule has 4 aromatic rings. The number of pyridine rings is 1. The van der Waals surface area contributed by atoms with Gasteiger partial charge in [-0.3, -0.25) is 9.59 Å². The van der Waals surface area contributed by atoms with E-state index in [0.717, 1.165) is 41.0 Å². The van der Waals surface area contributed by atoms with Gasteiger partial charge in [-0.05, 0) is 61.4 Å². The molecule has 3 fully saturated rings. The highest BCUT2D eigenvalue weighted by Crippen LogP contribution is 2.40. The molecule has 3 aromatic heterocycles. The van der Waals surface area contributed by atoms with E-state index in [1.165, 1.54) is 12.8 Å². The first-order chi connectivity index (χ1) is 19.4. The van der Waals surface area contributed by atoms with Gasteiger partial charge in [0.25, 0.3) is 5.91 Å². The van der Waals surface area contributed by atoms with Gasteiger partial charge in [0.15, 0.2) is 5.82 Å². The molecule has 2 saturated carbocycles. The Morgan fingerprint density at radius 3 is 2.77 bits per heavy atom. The summed E-state index contributed by atoms with van der Waals surface area (Å²) in [6, 6.07) is 9.34. The summed E-state index contributed by atoms with van der Waals surface area (Å²) in [5.41, 5.74) is 10.5. The average Bonchev–Trinajstić information content (AvgIpc) is 3.40. The zero-order valence-electron chi connectivity index (χ0n) is 23.1. The van der Waals surface area contributed by atoms with Crippen LogP contribution >= 0.6 is 0 Å². The molecule has 0 unspecified atom stereocenters. The number of piperidine rings is 1. The molecule has 1 aromatic carbocycles. The Morgan fingerprint density at radius 1 is 1.23 bits per heavy atom. The second-order valence-electron chi connectivity index (χ2n) is 11.6. The normalized spacial score (nSPS) is 23.9. The Hall–Kier alpha value is -3.92. The summed E-state index contributed by atoms with van der Waals surface area (Å²) in [7, 11) is 3.61. The van der Waals surface area contributed by atoms with Gasteiger partial charge in [0.2, 0.25) is 5.91 Å². The molecule has 1 aliphatic heterocycles. The van der Waals surface area contributed by atoms with Gasteiger partial charge < -0.3 is 29.8 Å². The van der Waals surface area contributed by atoms with Crippen LogP contribution in [0.1, 0.15) is 43.0 Å². The molecule has 10 nitrogen and oxygen atoms in total. The number of carbonyl (C=O) groups excluding carboxylic acids is 2. The number of imidazole rings is 1. The number of amides is 2. The van der Waals surface area contributed by atoms with Gasteiger partial charge in [0, 0.05) is 49.7 Å². The molecule has 0 spiro atoms. The lowest BCUT2D eigenvalue weighted by Crippen LogP contribution is -2.54. The summed E-state index contributed by atoms with van der Waals surface area (Å²) in [6.45, 7) is 3.33. The highest BCUT2D eigenvalue weighted by atomic mass is 16.5. The summed E-state index contributed by atoms with van der Waals surface area (Å²) in [4.78, 5) is 37.6. The molecule has 3 N–H and O–H groups in total. The van der Waals surface area contributed by atoms with Crippen LogP contribution in [0.2, 0.25) is 0 Å². The molecule has 0 radical (unpaired) electrons. The number of nitrogens with two attached hydrogens (primary N) is 1. The number of methoxy groups -OCH3 is 1. The monoisotopic (exact) mass is 541 g/mol. The minimum atomic E-state index is -0.223. The van der Waals surface area contributed by atoms with Crippen LogP contribution in [0.4, 0.5) is 0 Å². The Bertz CT molecular complexity index is 1650. The summed E-state index contributed by atoms with van der Waals surface area (Å²) in [5.74, 6) is 2.10. The molecule has 7 rings (SSSR count). The van der Waals surface area contributed by atoms with Crippen molar-refractivity contribution in [3.63, 3.8) is 0 Å². The van der Waals surface area contributed by atoms with Gasteiger partial charge in [-0.2, -0.15) is 0 Å². The van der Waals surface area contributed by atoms with Gasteiger partial charge >= 0.3 is 0 Å². The van der Waals surface area contributed by atoms with Crippen LogP contribution in [0.5, 0.6) is 5.75 Å². The number of nitrogens with zero attached hydrogens (tertiary/aromatic N) is 5. The van der Waals surface area contributed by atoms with Crippen molar-refractivity contribution in [1.29, 1.82) is 0 Å². The van der Waals surface area contributed by atoms with Crippen LogP contribution in [0.15, 0.2) is 36.5 Å². The maximum atomic E-state index is 13.9. The summed E-state index contributed by atoms with van der Waals surface area (Å²) < 4.78 is 10.1. The standard InChI is InChI=1S/C30H35N7O3/c1-4-24(38)33-21-11-19-15-37(27(21)25(19)31)30(39)18-10-20-26(23(13-18)40-3)35(2)29(34-20)22-12-17-6-5-9-32-28(17)36(22)14-16-7-8-16/h5-6,9-10,12-13,16,19,21,25,27H,4,7-8,11,14-15,31H2,1-3H3,(H,33,38)/t19-,21+,25-,27-/m1/s1. The Morgan fingerprint density at radius 2 is 2.05 bits per heavy atom. The molecule has 40 heavy (non-hydrogen) atoms. The van der Waals surface area contributed by atoms with E-state index < -0.39 is 0 Å². The number of rotatable bonds is 7. The van der Waals surface area contributed by atoms with E-state index in [1.807, 2.05) is 41.8 Å². The second kappa shape index (κ2) is 9.33. The molecule has 1 saturated heterocycles. The Kier molecular flexibility index (Phi) is 5.85. The first-order valence-electron chi connectivity index (χ1n) is 14.2. The lowest BCUT2D eigenvalue weighted by Gasteiger charge is -2.34. The molecule has 2 amide bonds. The quantitative estimate of drug-likeness (QED) is 0.371. The van der Waals surface area contributed by atoms with E-state index in [1.54, 1.807) is 13.2 Å². The number of aromatic nitrogens is 4. The van der Waals surface area contributed by atoms with E-state index in [4.69, 9.17) is 15.5 Å². The number of fused-ring (bicyclic) bond motifs is 4. The number of ether oxygens (including phenoxy) is 1. The molecule has 3 aliphatic rings. The number of nitrogens with one attached hydrogen (secondary N) is 1. The van der Waals surface area contributed by atoms with Crippen molar-refractivity contribution < 1.29 is 14.3 Å². The largest absolute Gasteiger partial charge is 0.494 e. The lowest BCUT2D eigenvalue weighted by atomic mass is 10.0. The second-order valence-corrected chi connectivity index (χ2v) is 11.6. The zero-order chi connectivity index (χ0) is 27.7. The van der Waals surface area contributed by atoms with Crippen molar-refractivity contribution >= 4 is 33.9 Å². The SMILES string of the molecule is CCC(=O)N[C@H]1C[C@@H]2CN(C(=O)c3cc(OC)c4c(c3)nc(-c3cc5cccnc5n3CC3CC3)n4C)[C@H]1[C@@H]2N. The van der Waals surface area contributed by atoms with Crippen LogP contribution in [-0.2, 0) is 18.4 Å². The maximum Gasteiger partial charge on any atom is 0.254 e. The third-order valence-corrected chi connectivity index (χ3v) is 9.05. The van der Waals surface area contributed by atoms with Crippen LogP contribution in [0.25, 0.3) is 33.6 Å². The molecule has 2 bridgehead atoms. The topological polar surface area (TPSA) is 120 Å². The number of likely N-dealkylation sites (tertiary alicyclic amines) is 1. The van der Waals surface area contributed by atoms with E-state index in [2.05, 4.69) is 27.0 Å². The Labute approximate surface area is 232 Å². The fraction of sp³-hybridized carbons (Fsp3) is 0.467. The average molecular weight is 542 g/mol. The number of hydrogen-bond donors (Lipinski definition) is 2. The fourth-order valence-corrected chi connectivity index (χ4v) is 6.84. The van der Waals surface area contributed by atoms with Crippen molar-refractivity contribution in [3.05, 3.63) is 42.1 Å². The molecule has 4 heterocycles. The van der Waals surface area contributed by atoms with E-state index >= 15 is 0 Å². The maximum absolute atomic E-state index is 13.9. The fourth-order valence-electron chi connectivity index (χ4n) is 6.84. The third kappa shape index (κ3) is 3.88. The van der Waals surface area contributed by atoms with Crippen molar-refractivity contribution in [2.24, 2.45) is 24.6 Å². The summed E-state index contributed by atoms with van der Waals surface area (Å²) >= 11 is 0. The van der Waals surface area contributed by atoms with E-state index in [9.17, 15) is 9.59 Å². The molecular weight excluding hydrogens is 506 g/mol. The van der Waals surface area contributed by atoms with Crippen molar-refractivity contribution in [1.82, 2.24) is 29.3 Å². The van der Waals surface area contributed by atoms with Gasteiger partial charge in [-0.1, -0.05) is 6.92 Å². The molecule has 2 aliphatic carbocycles. The number of benzene rings is 1. The number of aryl methyl sites for hydroxylation is 1. The van der Waals surface area contributed by atoms with Gasteiger partial charge in [0.1, 0.15) is 16.9 Å². The molecule has 208 valence electrons. The van der Waals surface area contributed by atoms with Gasteiger partial charge in [-0.15, -0.1) is 0 Å². The van der Waals surface area contributed by atoms with Gasteiger partial charge in [-0.25, -0.2) is 9.97 Å². The van der Waals surface area contributed by atoms with Crippen LogP contribution in [0.3, 0.4) is 0 Å².